The maximum absolute atomic E-state index is 14.1. The number of aromatic nitrogens is 5. The lowest BCUT2D eigenvalue weighted by atomic mass is 10.0. The predicted molar refractivity (Wildman–Crippen MR) is 184 cm³/mol. The average molecular weight is 726 g/mol. The number of likely N-dealkylation sites (N-methyl/N-ethyl adjacent to an activating group) is 1. The number of pyridine rings is 1. The number of piperidine rings is 1. The minimum absolute atomic E-state index is 0.0000314. The van der Waals surface area contributed by atoms with E-state index in [0.29, 0.717) is 10.9 Å². The molecule has 5 amide bonds. The molecule has 18 heteroatoms. The van der Waals surface area contributed by atoms with Gasteiger partial charge in [-0.2, -0.15) is 10.1 Å². The smallest absolute Gasteiger partial charge is 0.295 e. The summed E-state index contributed by atoms with van der Waals surface area (Å²) in [6.45, 7) is -0.530. The maximum atomic E-state index is 14.1. The van der Waals surface area contributed by atoms with Crippen molar-refractivity contribution in [2.45, 2.75) is 25.4 Å². The molecular formula is C34H28ClN9O8. The molecule has 1 fully saturated rings. The number of amides is 5. The van der Waals surface area contributed by atoms with Gasteiger partial charge in [0.15, 0.2) is 12.4 Å². The number of fused-ring (bicyclic) bond motifs is 2. The largest absolute Gasteiger partial charge is 0.492 e. The fourth-order valence-corrected chi connectivity index (χ4v) is 6.07. The van der Waals surface area contributed by atoms with Crippen molar-refractivity contribution in [2.24, 2.45) is 0 Å². The summed E-state index contributed by atoms with van der Waals surface area (Å²) in [5, 5.41) is 12.6. The van der Waals surface area contributed by atoms with Gasteiger partial charge in [0.25, 0.3) is 29.2 Å². The Morgan fingerprint density at radius 3 is 2.62 bits per heavy atom. The van der Waals surface area contributed by atoms with Gasteiger partial charge in [0, 0.05) is 31.2 Å². The van der Waals surface area contributed by atoms with Crippen LogP contribution in [0.3, 0.4) is 0 Å². The van der Waals surface area contributed by atoms with E-state index in [0.717, 1.165) is 4.90 Å². The number of halogens is 1. The molecule has 2 aliphatic heterocycles. The van der Waals surface area contributed by atoms with E-state index in [1.807, 2.05) is 0 Å². The molecule has 264 valence electrons. The molecule has 2 aliphatic rings. The van der Waals surface area contributed by atoms with Gasteiger partial charge in [0.2, 0.25) is 17.6 Å². The summed E-state index contributed by atoms with van der Waals surface area (Å²) in [5.74, 6) is -2.56. The van der Waals surface area contributed by atoms with Gasteiger partial charge in [0.1, 0.15) is 23.4 Å². The molecule has 7 rings (SSSR count). The molecule has 5 aromatic rings. The first-order valence-corrected chi connectivity index (χ1v) is 16.3. The van der Waals surface area contributed by atoms with Crippen molar-refractivity contribution in [1.29, 1.82) is 0 Å². The van der Waals surface area contributed by atoms with Crippen molar-refractivity contribution < 1.29 is 33.4 Å². The first-order valence-electron chi connectivity index (χ1n) is 15.9. The number of benzene rings is 2. The van der Waals surface area contributed by atoms with Gasteiger partial charge < -0.3 is 24.7 Å². The van der Waals surface area contributed by atoms with Gasteiger partial charge in [-0.1, -0.05) is 29.8 Å². The van der Waals surface area contributed by atoms with Crippen LogP contribution < -0.4 is 31.0 Å². The Labute approximate surface area is 298 Å². The van der Waals surface area contributed by atoms with E-state index in [1.54, 1.807) is 42.7 Å². The monoisotopic (exact) mass is 725 g/mol. The third-order valence-corrected chi connectivity index (χ3v) is 8.71. The predicted octanol–water partition coefficient (Wildman–Crippen LogP) is 1.98. The van der Waals surface area contributed by atoms with Crippen LogP contribution in [0.5, 0.6) is 11.5 Å². The fraction of sp³-hybridized carbons (Fsp3) is 0.206. The second-order valence-corrected chi connectivity index (χ2v) is 12.0. The third kappa shape index (κ3) is 6.28. The van der Waals surface area contributed by atoms with Crippen LogP contribution in [0.15, 0.2) is 71.9 Å². The first-order chi connectivity index (χ1) is 25.1. The number of imide groups is 2. The molecule has 52 heavy (non-hydrogen) atoms. The number of carbonyl (C=O) groups is 5. The Bertz CT molecular complexity index is 2340. The molecule has 5 heterocycles. The van der Waals surface area contributed by atoms with Crippen LogP contribution in [0.4, 0.5) is 11.5 Å². The van der Waals surface area contributed by atoms with E-state index in [4.69, 9.17) is 21.1 Å². The maximum Gasteiger partial charge on any atom is 0.295 e. The lowest BCUT2D eigenvalue weighted by Gasteiger charge is -2.27. The molecular weight excluding hydrogens is 698 g/mol. The summed E-state index contributed by atoms with van der Waals surface area (Å²) in [7, 11) is 1.44. The highest BCUT2D eigenvalue weighted by Gasteiger charge is 2.44. The summed E-state index contributed by atoms with van der Waals surface area (Å²) in [4.78, 5) is 86.3. The first kappa shape index (κ1) is 33.9. The van der Waals surface area contributed by atoms with Gasteiger partial charge in [-0.15, -0.1) is 0 Å². The lowest BCUT2D eigenvalue weighted by Crippen LogP contribution is -2.54. The highest BCUT2D eigenvalue weighted by Crippen LogP contribution is 2.35. The molecule has 3 aromatic heterocycles. The van der Waals surface area contributed by atoms with Crippen LogP contribution in [0.2, 0.25) is 5.02 Å². The van der Waals surface area contributed by atoms with Crippen LogP contribution in [0, 0.1) is 0 Å². The quantitative estimate of drug-likeness (QED) is 0.167. The zero-order chi connectivity index (χ0) is 36.5. The van der Waals surface area contributed by atoms with E-state index in [2.05, 4.69) is 31.0 Å². The number of para-hydroxylation sites is 1. The summed E-state index contributed by atoms with van der Waals surface area (Å²) in [6, 6.07) is 11.9. The molecule has 0 radical (unpaired) electrons. The van der Waals surface area contributed by atoms with Crippen LogP contribution in [0.25, 0.3) is 16.9 Å². The Morgan fingerprint density at radius 1 is 1.04 bits per heavy atom. The molecule has 1 unspecified atom stereocenters. The van der Waals surface area contributed by atoms with Gasteiger partial charge in [-0.25, -0.2) is 9.67 Å². The second-order valence-electron chi connectivity index (χ2n) is 11.6. The van der Waals surface area contributed by atoms with Gasteiger partial charge in [-0.3, -0.25) is 39.0 Å². The molecule has 1 atom stereocenters. The minimum atomic E-state index is -1.10. The Kier molecular flexibility index (Phi) is 9.08. The highest BCUT2D eigenvalue weighted by atomic mass is 35.5. The summed E-state index contributed by atoms with van der Waals surface area (Å²) < 4.78 is 14.6. The number of hydrogen-bond donors (Lipinski definition) is 3. The molecule has 17 nitrogen and oxygen atoms in total. The molecule has 0 aliphatic carbocycles. The highest BCUT2D eigenvalue weighted by molar-refractivity contribution is 6.33. The van der Waals surface area contributed by atoms with Crippen molar-refractivity contribution >= 4 is 63.5 Å². The van der Waals surface area contributed by atoms with Crippen molar-refractivity contribution in [3.63, 3.8) is 0 Å². The molecule has 0 spiro atoms. The summed E-state index contributed by atoms with van der Waals surface area (Å²) >= 11 is 6.48. The van der Waals surface area contributed by atoms with Crippen LogP contribution in [-0.4, -0.2) is 85.1 Å². The number of hydrogen-bond acceptors (Lipinski definition) is 12. The van der Waals surface area contributed by atoms with E-state index in [1.165, 1.54) is 40.7 Å². The Hall–Kier alpha value is -6.62. The number of carbonyl (C=O) groups excluding carboxylic acids is 5. The summed E-state index contributed by atoms with van der Waals surface area (Å²) in [5.41, 5.74) is 0.245. The van der Waals surface area contributed by atoms with Crippen LogP contribution in [-0.2, 0) is 20.9 Å². The SMILES string of the molecule is CNC(=O)COc1c(Nc2nc(-n3cccn3)ncc2Cl)c2ccccc2n(CCOc2ccc3c(c2)C(=O)N(C2CCC(=O)NC2=O)C3=O)c1=O. The topological polar surface area (TPSA) is 209 Å². The number of anilines is 2. The number of ether oxygens (including phenoxy) is 2. The van der Waals surface area contributed by atoms with Crippen LogP contribution >= 0.6 is 11.6 Å². The lowest BCUT2D eigenvalue weighted by molar-refractivity contribution is -0.136. The third-order valence-electron chi connectivity index (χ3n) is 8.44. The summed E-state index contributed by atoms with van der Waals surface area (Å²) in [6.07, 6.45) is 4.64. The minimum Gasteiger partial charge on any atom is -0.492 e. The molecule has 2 aromatic carbocycles. The van der Waals surface area contributed by atoms with Crippen molar-refractivity contribution in [1.82, 2.24) is 39.8 Å². The average Bonchev–Trinajstić information content (AvgIpc) is 3.77. The van der Waals surface area contributed by atoms with Crippen LogP contribution in [0.1, 0.15) is 33.6 Å². The zero-order valence-corrected chi connectivity index (χ0v) is 28.0. The molecule has 0 saturated carbocycles. The van der Waals surface area contributed by atoms with Gasteiger partial charge in [-0.05, 0) is 36.8 Å². The number of nitrogens with zero attached hydrogens (tertiary/aromatic N) is 6. The molecule has 0 bridgehead atoms. The van der Waals surface area contributed by atoms with Crippen molar-refractivity contribution in [2.75, 3.05) is 25.6 Å². The molecule has 3 N–H and O–H groups in total. The number of nitrogens with one attached hydrogen (secondary N) is 3. The standard InChI is InChI=1S/C34H28ClN9O8/c1-36-26(46)17-52-28-27(40-29-22(35)16-37-34(41-29)43-12-4-11-38-43)20-5-2-3-6-23(20)42(33(28)50)13-14-51-18-7-8-19-21(15-18)32(49)44(31(19)48)24-9-10-25(45)39-30(24)47/h2-8,11-12,15-16,24H,9-10,13-14,17H2,1H3,(H,36,46)(H,37,40,41)(H,39,45,47). The van der Waals surface area contributed by atoms with Gasteiger partial charge >= 0.3 is 0 Å². The van der Waals surface area contributed by atoms with Gasteiger partial charge in [0.05, 0.1) is 35.1 Å². The zero-order valence-electron chi connectivity index (χ0n) is 27.3. The van der Waals surface area contributed by atoms with E-state index < -0.39 is 47.7 Å². The van der Waals surface area contributed by atoms with E-state index >= 15 is 0 Å². The fourth-order valence-electron chi connectivity index (χ4n) is 5.93. The van der Waals surface area contributed by atoms with E-state index in [9.17, 15) is 28.8 Å². The second kappa shape index (κ2) is 13.9. The Balaban J connectivity index is 1.17. The van der Waals surface area contributed by atoms with Crippen molar-refractivity contribution in [3.05, 3.63) is 93.6 Å². The normalized spacial score (nSPS) is 15.4. The Morgan fingerprint density at radius 2 is 1.85 bits per heavy atom. The molecule has 1 saturated heterocycles. The number of rotatable bonds is 11. The van der Waals surface area contributed by atoms with E-state index in [-0.39, 0.29) is 71.1 Å². The van der Waals surface area contributed by atoms with Crippen molar-refractivity contribution in [3.8, 4) is 17.4 Å².